The highest BCUT2D eigenvalue weighted by molar-refractivity contribution is 5.19. The summed E-state index contributed by atoms with van der Waals surface area (Å²) in [5.74, 6) is 0. The Hall–Kier alpha value is -0.980. The molecule has 1 heteroatoms. The molecule has 0 spiro atoms. The number of likely N-dealkylation sites (N-methyl/N-ethyl adjacent to an activating group) is 1. The molecule has 0 unspecified atom stereocenters. The van der Waals surface area contributed by atoms with E-state index < -0.39 is 0 Å². The largest absolute Gasteiger partial charge is 0.349 e. The summed E-state index contributed by atoms with van der Waals surface area (Å²) in [4.78, 5) is 2.13. The average molecular weight is 135 g/mol. The van der Waals surface area contributed by atoms with E-state index in [0.717, 1.165) is 18.7 Å². The fraction of sp³-hybridized carbons (Fsp3) is 0.333. The predicted molar refractivity (Wildman–Crippen MR) is 44.4 cm³/mol. The van der Waals surface area contributed by atoms with E-state index in [9.17, 15) is 0 Å². The molecule has 0 bridgehead atoms. The van der Waals surface area contributed by atoms with Crippen LogP contribution in [0.2, 0.25) is 0 Å². The third-order valence-corrected chi connectivity index (χ3v) is 1.58. The lowest BCUT2D eigenvalue weighted by atomic mass is 10.3. The summed E-state index contributed by atoms with van der Waals surface area (Å²) < 4.78 is 0. The van der Waals surface area contributed by atoms with Gasteiger partial charge in [0, 0.05) is 18.4 Å². The summed E-state index contributed by atoms with van der Waals surface area (Å²) in [6, 6.07) is 0. The minimum Gasteiger partial charge on any atom is -0.349 e. The molecule has 0 aromatic rings. The van der Waals surface area contributed by atoms with Crippen molar-refractivity contribution in [3.63, 3.8) is 0 Å². The Labute approximate surface area is 62.3 Å². The van der Waals surface area contributed by atoms with Gasteiger partial charge in [-0.2, -0.15) is 0 Å². The molecule has 10 heavy (non-hydrogen) atoms. The van der Waals surface area contributed by atoms with Gasteiger partial charge in [-0.3, -0.25) is 0 Å². The van der Waals surface area contributed by atoms with Gasteiger partial charge in [0.05, 0.1) is 0 Å². The van der Waals surface area contributed by atoms with E-state index in [1.165, 1.54) is 0 Å². The summed E-state index contributed by atoms with van der Waals surface area (Å²) in [6.45, 7) is 7.03. The molecule has 0 radical (unpaired) electrons. The topological polar surface area (TPSA) is 3.24 Å². The van der Waals surface area contributed by atoms with Gasteiger partial charge in [-0.15, -0.1) is 0 Å². The van der Waals surface area contributed by atoms with Crippen molar-refractivity contribution in [1.82, 2.24) is 4.90 Å². The van der Waals surface area contributed by atoms with Gasteiger partial charge >= 0.3 is 0 Å². The van der Waals surface area contributed by atoms with Crippen LogP contribution in [0.25, 0.3) is 0 Å². The Balaban J connectivity index is 2.70. The summed E-state index contributed by atoms with van der Waals surface area (Å²) in [6.07, 6.45) is 9.42. The molecule has 1 aliphatic heterocycles. The summed E-state index contributed by atoms with van der Waals surface area (Å²) in [5.41, 5.74) is 1.08. The highest BCUT2D eigenvalue weighted by Crippen LogP contribution is 2.08. The number of hydrogen-bond donors (Lipinski definition) is 0. The van der Waals surface area contributed by atoms with E-state index in [-0.39, 0.29) is 0 Å². The number of nitrogens with zero attached hydrogens (tertiary/aromatic N) is 1. The summed E-state index contributed by atoms with van der Waals surface area (Å²) >= 11 is 0. The van der Waals surface area contributed by atoms with Crippen LogP contribution in [0.15, 0.2) is 36.7 Å². The quantitative estimate of drug-likeness (QED) is 0.533. The Morgan fingerprint density at radius 1 is 1.60 bits per heavy atom. The van der Waals surface area contributed by atoms with E-state index >= 15 is 0 Å². The zero-order chi connectivity index (χ0) is 7.40. The van der Waals surface area contributed by atoms with E-state index in [4.69, 9.17) is 0 Å². The van der Waals surface area contributed by atoms with Crippen molar-refractivity contribution in [2.45, 2.75) is 13.3 Å². The van der Waals surface area contributed by atoms with Crippen molar-refractivity contribution in [1.29, 1.82) is 0 Å². The van der Waals surface area contributed by atoms with Gasteiger partial charge in [0.1, 0.15) is 0 Å². The van der Waals surface area contributed by atoms with Crippen LogP contribution < -0.4 is 0 Å². The van der Waals surface area contributed by atoms with Crippen molar-refractivity contribution >= 4 is 0 Å². The molecule has 0 amide bonds. The van der Waals surface area contributed by atoms with Gasteiger partial charge in [-0.05, 0) is 19.4 Å². The maximum atomic E-state index is 3.91. The molecular formula is C9H13N. The molecule has 0 saturated carbocycles. The molecule has 0 saturated heterocycles. The van der Waals surface area contributed by atoms with Crippen LogP contribution in [-0.4, -0.2) is 11.4 Å². The van der Waals surface area contributed by atoms with Crippen LogP contribution in [0.4, 0.5) is 0 Å². The van der Waals surface area contributed by atoms with Gasteiger partial charge in [0.15, 0.2) is 0 Å². The maximum absolute atomic E-state index is 3.91. The Bertz CT molecular complexity index is 177. The SMILES string of the molecule is C=C1C=CCC=CN1CC. The van der Waals surface area contributed by atoms with E-state index in [2.05, 4.69) is 42.8 Å². The molecule has 0 fully saturated rings. The molecule has 1 heterocycles. The zero-order valence-electron chi connectivity index (χ0n) is 6.38. The van der Waals surface area contributed by atoms with E-state index in [0.29, 0.717) is 0 Å². The third kappa shape index (κ3) is 1.50. The van der Waals surface area contributed by atoms with Gasteiger partial charge in [-0.25, -0.2) is 0 Å². The van der Waals surface area contributed by atoms with Gasteiger partial charge < -0.3 is 4.90 Å². The van der Waals surface area contributed by atoms with Gasteiger partial charge in [0.2, 0.25) is 0 Å². The van der Waals surface area contributed by atoms with Crippen LogP contribution >= 0.6 is 0 Å². The molecule has 1 nitrogen and oxygen atoms in total. The van der Waals surface area contributed by atoms with Gasteiger partial charge in [-0.1, -0.05) is 18.7 Å². The second-order valence-electron chi connectivity index (χ2n) is 2.30. The summed E-state index contributed by atoms with van der Waals surface area (Å²) in [7, 11) is 0. The average Bonchev–Trinajstić information content (AvgIpc) is 2.13. The smallest absolute Gasteiger partial charge is 0.0329 e. The molecule has 1 aliphatic rings. The zero-order valence-corrected chi connectivity index (χ0v) is 6.38. The number of allylic oxidation sites excluding steroid dienone is 3. The second kappa shape index (κ2) is 3.25. The third-order valence-electron chi connectivity index (χ3n) is 1.58. The Morgan fingerprint density at radius 3 is 3.10 bits per heavy atom. The molecular weight excluding hydrogens is 122 g/mol. The molecule has 1 rings (SSSR count). The first-order valence-corrected chi connectivity index (χ1v) is 3.63. The molecule has 0 aliphatic carbocycles. The van der Waals surface area contributed by atoms with Crippen molar-refractivity contribution < 1.29 is 0 Å². The first-order valence-electron chi connectivity index (χ1n) is 3.63. The first-order chi connectivity index (χ1) is 4.84. The van der Waals surface area contributed by atoms with E-state index in [1.807, 2.05) is 0 Å². The van der Waals surface area contributed by atoms with Crippen molar-refractivity contribution in [3.8, 4) is 0 Å². The Morgan fingerprint density at radius 2 is 2.40 bits per heavy atom. The van der Waals surface area contributed by atoms with Crippen molar-refractivity contribution in [2.75, 3.05) is 6.54 Å². The first kappa shape index (κ1) is 7.13. The fourth-order valence-electron chi connectivity index (χ4n) is 0.971. The molecule has 0 aromatic carbocycles. The fourth-order valence-corrected chi connectivity index (χ4v) is 0.971. The van der Waals surface area contributed by atoms with Crippen LogP contribution in [0.5, 0.6) is 0 Å². The lowest BCUT2D eigenvalue weighted by Gasteiger charge is -2.16. The summed E-state index contributed by atoms with van der Waals surface area (Å²) in [5, 5.41) is 0. The monoisotopic (exact) mass is 135 g/mol. The molecule has 0 N–H and O–H groups in total. The number of hydrogen-bond acceptors (Lipinski definition) is 1. The van der Waals surface area contributed by atoms with Crippen molar-refractivity contribution in [2.24, 2.45) is 0 Å². The predicted octanol–water partition coefficient (Wildman–Crippen LogP) is 2.30. The maximum Gasteiger partial charge on any atom is 0.0329 e. The normalized spacial score (nSPS) is 17.7. The Kier molecular flexibility index (Phi) is 2.32. The van der Waals surface area contributed by atoms with Crippen LogP contribution in [0.1, 0.15) is 13.3 Å². The second-order valence-corrected chi connectivity index (χ2v) is 2.30. The molecule has 54 valence electrons. The standard InChI is InChI=1S/C9H13N/c1-3-10-8-6-4-5-7-9(10)2/h5-8H,2-4H2,1H3. The molecule has 0 aromatic heterocycles. The highest BCUT2D eigenvalue weighted by atomic mass is 15.1. The number of rotatable bonds is 1. The molecule has 0 atom stereocenters. The highest BCUT2D eigenvalue weighted by Gasteiger charge is 1.98. The lowest BCUT2D eigenvalue weighted by molar-refractivity contribution is 0.510. The minimum absolute atomic E-state index is 1.000. The van der Waals surface area contributed by atoms with Crippen molar-refractivity contribution in [3.05, 3.63) is 36.7 Å². The van der Waals surface area contributed by atoms with E-state index in [1.54, 1.807) is 0 Å². The van der Waals surface area contributed by atoms with Crippen LogP contribution in [-0.2, 0) is 0 Å². The van der Waals surface area contributed by atoms with Crippen LogP contribution in [0.3, 0.4) is 0 Å². The van der Waals surface area contributed by atoms with Crippen LogP contribution in [0, 0.1) is 0 Å². The van der Waals surface area contributed by atoms with Gasteiger partial charge in [0.25, 0.3) is 0 Å². The lowest BCUT2D eigenvalue weighted by Crippen LogP contribution is -2.12. The minimum atomic E-state index is 1.000.